The highest BCUT2D eigenvalue weighted by atomic mass is 32.2. The zero-order valence-corrected chi connectivity index (χ0v) is 16.4. The smallest absolute Gasteiger partial charge is 0.460 e. The molecule has 1 N–H and O–H groups in total. The molecule has 1 saturated heterocycles. The molecule has 16 heteroatoms. The fraction of sp³-hybridized carbons (Fsp3) is 0.562. The zero-order chi connectivity index (χ0) is 24.8. The first-order valence-electron chi connectivity index (χ1n) is 8.58. The molecule has 32 heavy (non-hydrogen) atoms. The Kier molecular flexibility index (Phi) is 6.62. The second-order valence-corrected chi connectivity index (χ2v) is 8.37. The van der Waals surface area contributed by atoms with Crippen LogP contribution in [0.4, 0.5) is 44.3 Å². The number of para-hydroxylation sites is 1. The molecule has 1 heterocycles. The Hall–Kier alpha value is -2.39. The van der Waals surface area contributed by atoms with Crippen LogP contribution < -0.4 is 4.18 Å². The van der Waals surface area contributed by atoms with E-state index in [1.165, 1.54) is 6.07 Å². The van der Waals surface area contributed by atoms with Crippen LogP contribution in [0.5, 0.6) is 5.75 Å². The molecule has 182 valence electrons. The summed E-state index contributed by atoms with van der Waals surface area (Å²) in [4.78, 5) is 11.9. The van der Waals surface area contributed by atoms with Crippen LogP contribution in [-0.2, 0) is 10.1 Å². The minimum absolute atomic E-state index is 0.0332. The van der Waals surface area contributed by atoms with Gasteiger partial charge in [0.15, 0.2) is 0 Å². The molecule has 0 saturated carbocycles. The van der Waals surface area contributed by atoms with Gasteiger partial charge in [-0.25, -0.2) is 4.79 Å². The lowest BCUT2D eigenvalue weighted by Crippen LogP contribution is -2.63. The first-order valence-corrected chi connectivity index (χ1v) is 9.98. The molecule has 1 aliphatic rings. The first kappa shape index (κ1) is 25.9. The van der Waals surface area contributed by atoms with Gasteiger partial charge in [-0.3, -0.25) is 0 Å². The van der Waals surface area contributed by atoms with E-state index in [0.29, 0.717) is 6.07 Å². The number of likely N-dealkylation sites (tertiary alicyclic amines) is 1. The van der Waals surface area contributed by atoms with Gasteiger partial charge in [-0.2, -0.15) is 47.9 Å². The van der Waals surface area contributed by atoms with Gasteiger partial charge in [-0.1, -0.05) is 18.2 Å². The minimum Gasteiger partial charge on any atom is -0.465 e. The van der Waals surface area contributed by atoms with Crippen molar-refractivity contribution in [1.29, 1.82) is 0 Å². The lowest BCUT2D eigenvalue weighted by Gasteiger charge is -2.33. The van der Waals surface area contributed by atoms with Crippen molar-refractivity contribution in [2.45, 2.75) is 42.0 Å². The van der Waals surface area contributed by atoms with Gasteiger partial charge in [0.25, 0.3) is 0 Å². The third kappa shape index (κ3) is 4.28. The van der Waals surface area contributed by atoms with Gasteiger partial charge >= 0.3 is 39.5 Å². The van der Waals surface area contributed by atoms with Crippen molar-refractivity contribution >= 4 is 16.2 Å². The lowest BCUT2D eigenvalue weighted by atomic mass is 9.89. The van der Waals surface area contributed by atoms with Crippen molar-refractivity contribution in [2.24, 2.45) is 0 Å². The van der Waals surface area contributed by atoms with Gasteiger partial charge in [-0.15, -0.1) is 0 Å². The average molecular weight is 503 g/mol. The highest BCUT2D eigenvalue weighted by Crippen LogP contribution is 2.55. The summed E-state index contributed by atoms with van der Waals surface area (Å²) in [6.07, 6.45) is -8.38. The third-order valence-electron chi connectivity index (χ3n) is 4.75. The quantitative estimate of drug-likeness (QED) is 0.451. The summed E-state index contributed by atoms with van der Waals surface area (Å²) in [5.41, 5.74) is -0.164. The van der Waals surface area contributed by atoms with Crippen molar-refractivity contribution < 1.29 is 62.0 Å². The fourth-order valence-corrected chi connectivity index (χ4v) is 3.90. The minimum atomic E-state index is -7.40. The first-order chi connectivity index (χ1) is 14.4. The normalized spacial score (nSPS) is 17.3. The Balaban J connectivity index is 2.38. The average Bonchev–Trinajstić information content (AvgIpc) is 2.67. The number of benzene rings is 1. The van der Waals surface area contributed by atoms with E-state index in [9.17, 15) is 52.7 Å². The number of alkyl halides is 9. The zero-order valence-electron chi connectivity index (χ0n) is 15.6. The van der Waals surface area contributed by atoms with Crippen molar-refractivity contribution in [3.8, 4) is 5.75 Å². The summed E-state index contributed by atoms with van der Waals surface area (Å²) >= 11 is 0. The van der Waals surface area contributed by atoms with Gasteiger partial charge in [0, 0.05) is 13.1 Å². The molecule has 2 rings (SSSR count). The maximum absolute atomic E-state index is 13.9. The molecule has 0 spiro atoms. The molecule has 0 aliphatic carbocycles. The number of amides is 1. The monoisotopic (exact) mass is 503 g/mol. The molecule has 1 aliphatic heterocycles. The largest absolute Gasteiger partial charge is 0.465 e. The number of halogens is 9. The van der Waals surface area contributed by atoms with Gasteiger partial charge in [0.05, 0.1) is 0 Å². The van der Waals surface area contributed by atoms with E-state index in [1.54, 1.807) is 0 Å². The van der Waals surface area contributed by atoms with Gasteiger partial charge < -0.3 is 14.2 Å². The number of piperidine rings is 1. The molecule has 0 bridgehead atoms. The summed E-state index contributed by atoms with van der Waals surface area (Å²) in [5, 5.41) is 1.94. The Morgan fingerprint density at radius 3 is 1.91 bits per heavy atom. The molecule has 0 radical (unpaired) electrons. The van der Waals surface area contributed by atoms with Crippen LogP contribution in [0.1, 0.15) is 24.3 Å². The van der Waals surface area contributed by atoms with E-state index in [2.05, 4.69) is 4.18 Å². The third-order valence-corrected chi connectivity index (χ3v) is 6.04. The van der Waals surface area contributed by atoms with Crippen LogP contribution in [-0.4, -0.2) is 60.9 Å². The SMILES string of the molecule is O=C(O)N1CCC(c2ccccc2OS(=O)(=O)C(F)(F)C(F)(F)C(F)(F)C(F)(F)F)CC1. The topological polar surface area (TPSA) is 83.9 Å². The van der Waals surface area contributed by atoms with E-state index in [1.807, 2.05) is 0 Å². The molecule has 1 aromatic carbocycles. The second kappa shape index (κ2) is 8.19. The van der Waals surface area contributed by atoms with Crippen molar-refractivity contribution in [1.82, 2.24) is 4.90 Å². The molecule has 1 fully saturated rings. The van der Waals surface area contributed by atoms with Gasteiger partial charge in [0.2, 0.25) is 0 Å². The van der Waals surface area contributed by atoms with Crippen LogP contribution in [0.2, 0.25) is 0 Å². The summed E-state index contributed by atoms with van der Waals surface area (Å²) in [6, 6.07) is 4.13. The number of hydrogen-bond acceptors (Lipinski definition) is 4. The number of rotatable bonds is 6. The van der Waals surface area contributed by atoms with Crippen LogP contribution in [0, 0.1) is 0 Å². The molecule has 1 amide bonds. The molecular weight excluding hydrogens is 489 g/mol. The Bertz CT molecular complexity index is 957. The number of nitrogens with zero attached hydrogens (tertiary/aromatic N) is 1. The Labute approximate surface area is 174 Å². The van der Waals surface area contributed by atoms with E-state index >= 15 is 0 Å². The van der Waals surface area contributed by atoms with E-state index < -0.39 is 51.2 Å². The fourth-order valence-electron chi connectivity index (χ4n) is 2.96. The number of hydrogen-bond donors (Lipinski definition) is 1. The maximum atomic E-state index is 13.9. The molecule has 1 aromatic rings. The summed E-state index contributed by atoms with van der Waals surface area (Å²) in [5.74, 6) is -16.5. The number of carboxylic acid groups (broad SMARTS) is 1. The van der Waals surface area contributed by atoms with Crippen LogP contribution >= 0.6 is 0 Å². The Morgan fingerprint density at radius 2 is 1.44 bits per heavy atom. The van der Waals surface area contributed by atoms with Gasteiger partial charge in [-0.05, 0) is 30.4 Å². The van der Waals surface area contributed by atoms with E-state index in [0.717, 1.165) is 17.0 Å². The molecule has 0 aromatic heterocycles. The lowest BCUT2D eigenvalue weighted by molar-refractivity contribution is -0.382. The molecule has 6 nitrogen and oxygen atoms in total. The summed E-state index contributed by atoms with van der Waals surface area (Å²) in [6.45, 7) is -0.125. The van der Waals surface area contributed by atoms with E-state index in [4.69, 9.17) is 5.11 Å². The van der Waals surface area contributed by atoms with Crippen LogP contribution in [0.15, 0.2) is 24.3 Å². The standard InChI is InChI=1S/C16H14F9NO5S/c17-13(18,15(21,22)23)14(19,20)16(24,25)32(29,30)31-11-4-2-1-3-10(11)9-5-7-26(8-6-9)12(27)28/h1-4,9H,5-8H2,(H,27,28). The predicted octanol–water partition coefficient (Wildman–Crippen LogP) is 4.68. The van der Waals surface area contributed by atoms with Crippen molar-refractivity contribution in [2.75, 3.05) is 13.1 Å². The molecule has 0 unspecified atom stereocenters. The van der Waals surface area contributed by atoms with Gasteiger partial charge in [0.1, 0.15) is 5.75 Å². The molecular formula is C16H14F9NO5S. The van der Waals surface area contributed by atoms with Crippen molar-refractivity contribution in [3.63, 3.8) is 0 Å². The van der Waals surface area contributed by atoms with E-state index in [-0.39, 0.29) is 31.5 Å². The number of carbonyl (C=O) groups is 1. The second-order valence-electron chi connectivity index (χ2n) is 6.78. The Morgan fingerprint density at radius 1 is 0.938 bits per heavy atom. The summed E-state index contributed by atoms with van der Waals surface area (Å²) in [7, 11) is -7.07. The highest BCUT2D eigenvalue weighted by Gasteiger charge is 2.86. The maximum Gasteiger partial charge on any atom is 0.460 e. The highest BCUT2D eigenvalue weighted by molar-refractivity contribution is 7.88. The van der Waals surface area contributed by atoms with Crippen molar-refractivity contribution in [3.05, 3.63) is 29.8 Å². The summed E-state index contributed by atoms with van der Waals surface area (Å²) < 4.78 is 145. The van der Waals surface area contributed by atoms with Crippen LogP contribution in [0.25, 0.3) is 0 Å². The predicted molar refractivity (Wildman–Crippen MR) is 88.5 cm³/mol. The molecule has 0 atom stereocenters. The van der Waals surface area contributed by atoms with Crippen LogP contribution in [0.3, 0.4) is 0 Å².